The molecule has 11 nitrogen and oxygen atoms in total. The first-order valence-electron chi connectivity index (χ1n) is 25.3. The van der Waals surface area contributed by atoms with Gasteiger partial charge in [0.1, 0.15) is 12.6 Å². The number of carbonyl (C=O) groups is 3. The van der Waals surface area contributed by atoms with E-state index in [1.807, 2.05) is 12.2 Å². The van der Waals surface area contributed by atoms with E-state index in [1.54, 1.807) is 0 Å². The monoisotopic (exact) mass is 922 g/mol. The molecule has 370 valence electrons. The maximum atomic E-state index is 12.7. The Labute approximate surface area is 389 Å². The van der Waals surface area contributed by atoms with Gasteiger partial charge in [-0.15, -0.1) is 0 Å². The van der Waals surface area contributed by atoms with Crippen molar-refractivity contribution in [2.24, 2.45) is 5.73 Å². The zero-order chi connectivity index (χ0) is 47.0. The normalized spacial score (nSPS) is 14.1. The van der Waals surface area contributed by atoms with Gasteiger partial charge >= 0.3 is 25.7 Å². The van der Waals surface area contributed by atoms with Crippen molar-refractivity contribution in [3.05, 3.63) is 60.8 Å². The number of phosphoric ester groups is 1. The smallest absolute Gasteiger partial charge is 0.472 e. The molecule has 0 aliphatic heterocycles. The van der Waals surface area contributed by atoms with Gasteiger partial charge in [0.2, 0.25) is 0 Å². The number of carbonyl (C=O) groups excluding carboxylic acids is 2. The summed E-state index contributed by atoms with van der Waals surface area (Å²) in [7, 11) is -4.74. The van der Waals surface area contributed by atoms with Gasteiger partial charge in [0, 0.05) is 12.8 Å². The van der Waals surface area contributed by atoms with Crippen LogP contribution in [0.4, 0.5) is 0 Å². The summed E-state index contributed by atoms with van der Waals surface area (Å²) in [5.74, 6) is -2.50. The van der Waals surface area contributed by atoms with E-state index in [9.17, 15) is 23.8 Å². The van der Waals surface area contributed by atoms with Crippen LogP contribution in [0.2, 0.25) is 0 Å². The number of rotatable bonds is 47. The molecular formula is C52H92NO10P. The molecule has 0 radical (unpaired) electrons. The summed E-state index contributed by atoms with van der Waals surface area (Å²) < 4.78 is 32.7. The SMILES string of the molecule is CCCCCCCC/C=C/C/C=C/C/C=C/CCCC(=O)OC[C@@H](COP(=O)(O)OC[C@H](N)C(=O)O)OC(=O)CCC/C=C/CC/C=C/CCCCCCCCCCCCCCCC. The molecule has 0 spiro atoms. The second-order valence-electron chi connectivity index (χ2n) is 16.9. The lowest BCUT2D eigenvalue weighted by Gasteiger charge is -2.20. The van der Waals surface area contributed by atoms with Crippen LogP contribution in [0, 0.1) is 0 Å². The van der Waals surface area contributed by atoms with Crippen molar-refractivity contribution in [2.75, 3.05) is 19.8 Å². The second-order valence-corrected chi connectivity index (χ2v) is 18.4. The third-order valence-electron chi connectivity index (χ3n) is 10.7. The van der Waals surface area contributed by atoms with Crippen LogP contribution in [-0.4, -0.2) is 59.9 Å². The van der Waals surface area contributed by atoms with Crippen LogP contribution in [0.1, 0.15) is 219 Å². The number of allylic oxidation sites excluding steroid dienone is 10. The molecule has 3 atom stereocenters. The van der Waals surface area contributed by atoms with Gasteiger partial charge < -0.3 is 25.2 Å². The van der Waals surface area contributed by atoms with Gasteiger partial charge in [-0.3, -0.25) is 23.4 Å². The van der Waals surface area contributed by atoms with Crippen molar-refractivity contribution >= 4 is 25.7 Å². The maximum Gasteiger partial charge on any atom is 0.472 e. The van der Waals surface area contributed by atoms with E-state index in [0.717, 1.165) is 38.5 Å². The summed E-state index contributed by atoms with van der Waals surface area (Å²) in [6.45, 7) is 2.73. The fourth-order valence-electron chi connectivity index (χ4n) is 6.75. The molecule has 0 fully saturated rings. The number of phosphoric acid groups is 1. The van der Waals surface area contributed by atoms with Gasteiger partial charge in [-0.1, -0.05) is 190 Å². The highest BCUT2D eigenvalue weighted by atomic mass is 31.2. The molecule has 0 amide bonds. The number of unbranched alkanes of at least 4 members (excludes halogenated alkanes) is 23. The van der Waals surface area contributed by atoms with E-state index in [-0.39, 0.29) is 19.4 Å². The summed E-state index contributed by atoms with van der Waals surface area (Å²) in [6.07, 6.45) is 56.0. The Kier molecular flexibility index (Phi) is 44.6. The first kappa shape index (κ1) is 61.2. The Morgan fingerprint density at radius 3 is 1.30 bits per heavy atom. The van der Waals surface area contributed by atoms with E-state index in [1.165, 1.54) is 128 Å². The summed E-state index contributed by atoms with van der Waals surface area (Å²) in [5, 5.41) is 8.91. The number of carboxylic acid groups (broad SMARTS) is 1. The fourth-order valence-corrected chi connectivity index (χ4v) is 7.53. The van der Waals surface area contributed by atoms with Crippen molar-refractivity contribution in [3.8, 4) is 0 Å². The Bertz CT molecular complexity index is 1310. The minimum absolute atomic E-state index is 0.0894. The van der Waals surface area contributed by atoms with Crippen molar-refractivity contribution in [2.45, 2.75) is 231 Å². The predicted octanol–water partition coefficient (Wildman–Crippen LogP) is 14.3. The largest absolute Gasteiger partial charge is 0.480 e. The van der Waals surface area contributed by atoms with Gasteiger partial charge in [-0.05, 0) is 77.0 Å². The maximum absolute atomic E-state index is 12.7. The number of aliphatic carboxylic acids is 1. The number of esters is 2. The number of ether oxygens (including phenoxy) is 2. The first-order valence-corrected chi connectivity index (χ1v) is 26.8. The molecule has 0 saturated heterocycles. The van der Waals surface area contributed by atoms with Crippen LogP contribution in [0.5, 0.6) is 0 Å². The summed E-state index contributed by atoms with van der Waals surface area (Å²) in [4.78, 5) is 46.1. The van der Waals surface area contributed by atoms with E-state index >= 15 is 0 Å². The van der Waals surface area contributed by atoms with Gasteiger partial charge in [-0.25, -0.2) is 4.57 Å². The highest BCUT2D eigenvalue weighted by Gasteiger charge is 2.28. The van der Waals surface area contributed by atoms with Crippen LogP contribution in [-0.2, 0) is 37.5 Å². The van der Waals surface area contributed by atoms with Gasteiger partial charge in [0.25, 0.3) is 0 Å². The summed E-state index contributed by atoms with van der Waals surface area (Å²) in [5.41, 5.74) is 5.34. The lowest BCUT2D eigenvalue weighted by atomic mass is 10.0. The third kappa shape index (κ3) is 45.7. The lowest BCUT2D eigenvalue weighted by Crippen LogP contribution is -2.34. The fraction of sp³-hybridized carbons (Fsp3) is 0.750. The number of hydrogen-bond acceptors (Lipinski definition) is 9. The summed E-state index contributed by atoms with van der Waals surface area (Å²) >= 11 is 0. The molecule has 0 aliphatic carbocycles. The highest BCUT2D eigenvalue weighted by Crippen LogP contribution is 2.43. The molecular weight excluding hydrogens is 830 g/mol. The lowest BCUT2D eigenvalue weighted by molar-refractivity contribution is -0.161. The average molecular weight is 922 g/mol. The molecule has 64 heavy (non-hydrogen) atoms. The third-order valence-corrected chi connectivity index (χ3v) is 11.7. The average Bonchev–Trinajstić information content (AvgIpc) is 3.27. The Morgan fingerprint density at radius 1 is 0.484 bits per heavy atom. The Balaban J connectivity index is 4.37. The molecule has 4 N–H and O–H groups in total. The summed E-state index contributed by atoms with van der Waals surface area (Å²) in [6, 6.07) is -1.54. The Hall–Kier alpha value is -2.82. The van der Waals surface area contributed by atoms with Crippen molar-refractivity contribution in [3.63, 3.8) is 0 Å². The van der Waals surface area contributed by atoms with E-state index in [0.29, 0.717) is 25.7 Å². The molecule has 12 heteroatoms. The first-order chi connectivity index (χ1) is 31.1. The van der Waals surface area contributed by atoms with Crippen LogP contribution in [0.3, 0.4) is 0 Å². The molecule has 0 saturated carbocycles. The van der Waals surface area contributed by atoms with Crippen LogP contribution < -0.4 is 5.73 Å². The molecule has 0 aromatic carbocycles. The van der Waals surface area contributed by atoms with Crippen molar-refractivity contribution < 1.29 is 47.5 Å². The van der Waals surface area contributed by atoms with Gasteiger partial charge in [-0.2, -0.15) is 0 Å². The standard InChI is InChI=1S/C52H92NO10P/c1-3-5-7-9-11-13-15-17-19-21-22-23-24-25-26-28-30-32-34-36-38-40-42-44-51(55)63-48(46-61-64(58,59)62-47-49(53)52(56)57)45-60-50(54)43-41-39-37-35-33-31-29-27-20-18-16-14-12-10-8-6-4-2/h18,20,28-31,35-38,48-49H,3-17,19,21-27,32-34,39-47,53H2,1-2H3,(H,56,57)(H,58,59)/b20-18+,30-28+,31-29+,37-35+,38-36+/t48-,49-/m0/s1. The minimum Gasteiger partial charge on any atom is -0.480 e. The zero-order valence-corrected chi connectivity index (χ0v) is 41.3. The van der Waals surface area contributed by atoms with E-state index in [4.69, 9.17) is 24.8 Å². The predicted molar refractivity (Wildman–Crippen MR) is 263 cm³/mol. The molecule has 0 heterocycles. The number of carboxylic acids is 1. The molecule has 0 rings (SSSR count). The van der Waals surface area contributed by atoms with Crippen molar-refractivity contribution in [1.29, 1.82) is 0 Å². The quantitative estimate of drug-likeness (QED) is 0.0230. The number of nitrogens with two attached hydrogens (primary N) is 1. The highest BCUT2D eigenvalue weighted by molar-refractivity contribution is 7.47. The topological polar surface area (TPSA) is 172 Å². The zero-order valence-electron chi connectivity index (χ0n) is 40.4. The van der Waals surface area contributed by atoms with Crippen LogP contribution in [0.25, 0.3) is 0 Å². The minimum atomic E-state index is -4.74. The number of hydrogen-bond donors (Lipinski definition) is 3. The van der Waals surface area contributed by atoms with Gasteiger partial charge in [0.15, 0.2) is 6.10 Å². The molecule has 0 aromatic rings. The molecule has 0 bridgehead atoms. The van der Waals surface area contributed by atoms with Crippen LogP contribution in [0.15, 0.2) is 60.8 Å². The molecule has 0 aromatic heterocycles. The second kappa shape index (κ2) is 46.7. The van der Waals surface area contributed by atoms with Crippen LogP contribution >= 0.6 is 7.82 Å². The van der Waals surface area contributed by atoms with E-state index < -0.39 is 51.1 Å². The Morgan fingerprint density at radius 2 is 0.844 bits per heavy atom. The molecule has 1 unspecified atom stereocenters. The van der Waals surface area contributed by atoms with Crippen molar-refractivity contribution in [1.82, 2.24) is 0 Å². The molecule has 0 aliphatic rings. The van der Waals surface area contributed by atoms with Gasteiger partial charge in [0.05, 0.1) is 13.2 Å². The van der Waals surface area contributed by atoms with E-state index in [2.05, 4.69) is 67.0 Å².